The number of hydrogen-bond donors (Lipinski definition) is 1. The van der Waals surface area contributed by atoms with Gasteiger partial charge < -0.3 is 10.2 Å². The molecule has 0 aliphatic carbocycles. The van der Waals surface area contributed by atoms with Gasteiger partial charge in [0.25, 0.3) is 0 Å². The van der Waals surface area contributed by atoms with E-state index in [1.807, 2.05) is 19.1 Å². The summed E-state index contributed by atoms with van der Waals surface area (Å²) in [5.74, 6) is 0. The van der Waals surface area contributed by atoms with Gasteiger partial charge in [-0.3, -0.25) is 0 Å². The molecule has 1 saturated heterocycles. The van der Waals surface area contributed by atoms with Crippen molar-refractivity contribution >= 4 is 0 Å². The molecule has 0 aromatic carbocycles. The first-order chi connectivity index (χ1) is 6.84. The monoisotopic (exact) mass is 192 g/mol. The van der Waals surface area contributed by atoms with Crippen LogP contribution in [0.4, 0.5) is 0 Å². The van der Waals surface area contributed by atoms with E-state index in [0.717, 1.165) is 26.2 Å². The van der Waals surface area contributed by atoms with Crippen LogP contribution >= 0.6 is 0 Å². The van der Waals surface area contributed by atoms with Crippen LogP contribution in [0.1, 0.15) is 13.8 Å². The van der Waals surface area contributed by atoms with Crippen LogP contribution in [0, 0.1) is 0 Å². The zero-order valence-electron chi connectivity index (χ0n) is 9.16. The molecule has 0 atom stereocenters. The van der Waals surface area contributed by atoms with Crippen LogP contribution < -0.4 is 5.32 Å². The molecular formula is C12H20N2. The molecule has 1 N–H and O–H groups in total. The van der Waals surface area contributed by atoms with Crippen LogP contribution in [0.3, 0.4) is 0 Å². The molecule has 0 spiro atoms. The first-order valence-corrected chi connectivity index (χ1v) is 5.26. The van der Waals surface area contributed by atoms with Gasteiger partial charge in [-0.05, 0) is 19.9 Å². The minimum Gasteiger partial charge on any atom is -0.372 e. The van der Waals surface area contributed by atoms with E-state index in [2.05, 4.69) is 35.4 Å². The normalized spacial score (nSPS) is 19.9. The summed E-state index contributed by atoms with van der Waals surface area (Å²) in [6.07, 6.45) is 10.4. The standard InChI is InChI=1S/C12H20N2/c1-3-4-5-6-7-12(2)14-10-8-13-9-11-14/h3-7,13H,8-11H2,1-2H3/b4-3-,6-5-,12-7+. The molecular weight excluding hydrogens is 172 g/mol. The Balaban J connectivity index is 2.41. The Morgan fingerprint density at radius 1 is 1.14 bits per heavy atom. The lowest BCUT2D eigenvalue weighted by Crippen LogP contribution is -2.42. The molecule has 0 radical (unpaired) electrons. The average molecular weight is 192 g/mol. The van der Waals surface area contributed by atoms with Gasteiger partial charge in [-0.25, -0.2) is 0 Å². The fourth-order valence-corrected chi connectivity index (χ4v) is 1.49. The molecule has 0 aromatic rings. The quantitative estimate of drug-likeness (QED) is 0.687. The Morgan fingerprint density at radius 3 is 2.50 bits per heavy atom. The van der Waals surface area contributed by atoms with Crippen molar-refractivity contribution in [2.24, 2.45) is 0 Å². The van der Waals surface area contributed by atoms with Crippen LogP contribution in [0.2, 0.25) is 0 Å². The van der Waals surface area contributed by atoms with Gasteiger partial charge in [0, 0.05) is 31.9 Å². The molecule has 0 bridgehead atoms. The van der Waals surface area contributed by atoms with Gasteiger partial charge in [0.1, 0.15) is 0 Å². The summed E-state index contributed by atoms with van der Waals surface area (Å²) < 4.78 is 0. The Bertz CT molecular complexity index is 233. The number of nitrogens with zero attached hydrogens (tertiary/aromatic N) is 1. The third-order valence-electron chi connectivity index (χ3n) is 2.37. The first kappa shape index (κ1) is 11.1. The fraction of sp³-hybridized carbons (Fsp3) is 0.500. The van der Waals surface area contributed by atoms with Gasteiger partial charge in [-0.1, -0.05) is 24.3 Å². The van der Waals surface area contributed by atoms with Crippen molar-refractivity contribution in [3.05, 3.63) is 36.1 Å². The van der Waals surface area contributed by atoms with E-state index in [4.69, 9.17) is 0 Å². The highest BCUT2D eigenvalue weighted by atomic mass is 15.2. The van der Waals surface area contributed by atoms with E-state index in [-0.39, 0.29) is 0 Å². The van der Waals surface area contributed by atoms with Gasteiger partial charge in [0.15, 0.2) is 0 Å². The number of piperazine rings is 1. The summed E-state index contributed by atoms with van der Waals surface area (Å²) in [4.78, 5) is 2.41. The minimum absolute atomic E-state index is 1.10. The topological polar surface area (TPSA) is 15.3 Å². The number of hydrogen-bond acceptors (Lipinski definition) is 2. The van der Waals surface area contributed by atoms with Crippen LogP contribution in [0.15, 0.2) is 36.1 Å². The van der Waals surface area contributed by atoms with Crippen LogP contribution in [0.25, 0.3) is 0 Å². The average Bonchev–Trinajstić information content (AvgIpc) is 2.25. The van der Waals surface area contributed by atoms with Gasteiger partial charge in [0.2, 0.25) is 0 Å². The van der Waals surface area contributed by atoms with Gasteiger partial charge in [0.05, 0.1) is 0 Å². The molecule has 1 aliphatic rings. The third-order valence-corrected chi connectivity index (χ3v) is 2.37. The van der Waals surface area contributed by atoms with E-state index in [9.17, 15) is 0 Å². The molecule has 1 fully saturated rings. The van der Waals surface area contributed by atoms with Crippen LogP contribution in [0.5, 0.6) is 0 Å². The predicted octanol–water partition coefficient (Wildman–Crippen LogP) is 1.93. The Hall–Kier alpha value is -1.02. The SMILES string of the molecule is C\C=C/C=C\C=C(/C)N1CCNCC1. The lowest BCUT2D eigenvalue weighted by atomic mass is 10.3. The van der Waals surface area contributed by atoms with E-state index in [1.165, 1.54) is 5.70 Å². The molecule has 0 saturated carbocycles. The second-order valence-electron chi connectivity index (χ2n) is 3.46. The van der Waals surface area contributed by atoms with Crippen molar-refractivity contribution in [2.45, 2.75) is 13.8 Å². The van der Waals surface area contributed by atoms with Gasteiger partial charge in [-0.15, -0.1) is 0 Å². The maximum atomic E-state index is 3.35. The summed E-state index contributed by atoms with van der Waals surface area (Å²) in [6.45, 7) is 8.65. The third kappa shape index (κ3) is 3.79. The lowest BCUT2D eigenvalue weighted by molar-refractivity contribution is 0.300. The Labute approximate surface area is 87.0 Å². The smallest absolute Gasteiger partial charge is 0.0300 e. The van der Waals surface area contributed by atoms with E-state index in [0.29, 0.717) is 0 Å². The van der Waals surface area contributed by atoms with E-state index >= 15 is 0 Å². The molecule has 14 heavy (non-hydrogen) atoms. The van der Waals surface area contributed by atoms with Crippen molar-refractivity contribution in [1.82, 2.24) is 10.2 Å². The maximum absolute atomic E-state index is 3.35. The molecule has 0 amide bonds. The largest absolute Gasteiger partial charge is 0.372 e. The number of nitrogens with one attached hydrogen (secondary N) is 1. The van der Waals surface area contributed by atoms with Crippen molar-refractivity contribution < 1.29 is 0 Å². The molecule has 2 heteroatoms. The summed E-state index contributed by atoms with van der Waals surface area (Å²) in [5.41, 5.74) is 1.35. The summed E-state index contributed by atoms with van der Waals surface area (Å²) >= 11 is 0. The maximum Gasteiger partial charge on any atom is 0.0300 e. The summed E-state index contributed by atoms with van der Waals surface area (Å²) in [6, 6.07) is 0. The Kier molecular flexibility index (Phi) is 5.08. The Morgan fingerprint density at radius 2 is 1.86 bits per heavy atom. The molecule has 1 rings (SSSR count). The summed E-state index contributed by atoms with van der Waals surface area (Å²) in [7, 11) is 0. The van der Waals surface area contributed by atoms with Crippen molar-refractivity contribution in [3.63, 3.8) is 0 Å². The van der Waals surface area contributed by atoms with Crippen molar-refractivity contribution in [1.29, 1.82) is 0 Å². The molecule has 0 aromatic heterocycles. The predicted molar refractivity (Wildman–Crippen MR) is 62.2 cm³/mol. The van der Waals surface area contributed by atoms with Crippen molar-refractivity contribution in [3.8, 4) is 0 Å². The molecule has 1 aliphatic heterocycles. The molecule has 2 nitrogen and oxygen atoms in total. The molecule has 0 unspecified atom stereocenters. The number of rotatable bonds is 3. The van der Waals surface area contributed by atoms with Gasteiger partial charge in [-0.2, -0.15) is 0 Å². The minimum atomic E-state index is 1.10. The highest BCUT2D eigenvalue weighted by Crippen LogP contribution is 2.04. The van der Waals surface area contributed by atoms with Crippen LogP contribution in [-0.2, 0) is 0 Å². The van der Waals surface area contributed by atoms with Crippen molar-refractivity contribution in [2.75, 3.05) is 26.2 Å². The molecule has 78 valence electrons. The first-order valence-electron chi connectivity index (χ1n) is 5.26. The van der Waals surface area contributed by atoms with Gasteiger partial charge >= 0.3 is 0 Å². The lowest BCUT2D eigenvalue weighted by Gasteiger charge is -2.29. The fourth-order valence-electron chi connectivity index (χ4n) is 1.49. The molecule has 1 heterocycles. The zero-order valence-corrected chi connectivity index (χ0v) is 9.16. The van der Waals surface area contributed by atoms with Crippen LogP contribution in [-0.4, -0.2) is 31.1 Å². The second-order valence-corrected chi connectivity index (χ2v) is 3.46. The zero-order chi connectivity index (χ0) is 10.2. The van der Waals surface area contributed by atoms with E-state index < -0.39 is 0 Å². The number of allylic oxidation sites excluding steroid dienone is 6. The second kappa shape index (κ2) is 6.44. The highest BCUT2D eigenvalue weighted by Gasteiger charge is 2.07. The summed E-state index contributed by atoms with van der Waals surface area (Å²) in [5, 5.41) is 3.35. The highest BCUT2D eigenvalue weighted by molar-refractivity contribution is 5.15. The van der Waals surface area contributed by atoms with E-state index in [1.54, 1.807) is 0 Å².